The first-order valence-corrected chi connectivity index (χ1v) is 7.74. The lowest BCUT2D eigenvalue weighted by Crippen LogP contribution is -2.01. The van der Waals surface area contributed by atoms with Crippen LogP contribution in [0.25, 0.3) is 10.2 Å². The third-order valence-corrected chi connectivity index (χ3v) is 4.71. The molecule has 2 heterocycles. The molecule has 0 radical (unpaired) electrons. The van der Waals surface area contributed by atoms with Gasteiger partial charge in [0.15, 0.2) is 0 Å². The lowest BCUT2D eigenvalue weighted by Gasteiger charge is -2.05. The van der Waals surface area contributed by atoms with Crippen LogP contribution in [0.15, 0.2) is 47.1 Å². The lowest BCUT2D eigenvalue weighted by molar-refractivity contribution is 0.0696. The summed E-state index contributed by atoms with van der Waals surface area (Å²) in [5.74, 6) is -0.325. The molecule has 0 saturated heterocycles. The molecule has 0 aliphatic heterocycles. The molecule has 0 bridgehead atoms. The minimum Gasteiger partial charge on any atom is -0.478 e. The Balaban J connectivity index is 1.87. The van der Waals surface area contributed by atoms with E-state index in [4.69, 9.17) is 5.11 Å². The van der Waals surface area contributed by atoms with E-state index in [-0.39, 0.29) is 0 Å². The fraction of sp³-hybridized carbons (Fsp3) is 0.0714. The highest BCUT2D eigenvalue weighted by molar-refractivity contribution is 7.98. The van der Waals surface area contributed by atoms with Crippen molar-refractivity contribution in [2.24, 2.45) is 0 Å². The quantitative estimate of drug-likeness (QED) is 0.588. The van der Waals surface area contributed by atoms with Crippen molar-refractivity contribution in [3.8, 4) is 0 Å². The summed E-state index contributed by atoms with van der Waals surface area (Å²) in [7, 11) is 0. The van der Waals surface area contributed by atoms with E-state index in [1.54, 1.807) is 29.8 Å². The Morgan fingerprint density at radius 2 is 2.10 bits per heavy atom. The maximum atomic E-state index is 11.2. The number of rotatable bonds is 4. The molecule has 1 aromatic carbocycles. The van der Waals surface area contributed by atoms with E-state index in [0.29, 0.717) is 11.3 Å². The van der Waals surface area contributed by atoms with Crippen molar-refractivity contribution in [2.75, 3.05) is 0 Å². The van der Waals surface area contributed by atoms with Crippen molar-refractivity contribution in [3.63, 3.8) is 0 Å². The number of fused-ring (bicyclic) bond motifs is 1. The first kappa shape index (κ1) is 13.1. The van der Waals surface area contributed by atoms with Crippen molar-refractivity contribution < 1.29 is 9.90 Å². The van der Waals surface area contributed by atoms with Gasteiger partial charge in [-0.15, -0.1) is 23.1 Å². The van der Waals surface area contributed by atoms with Crippen LogP contribution in [0.2, 0.25) is 0 Å². The highest BCUT2D eigenvalue weighted by Gasteiger charge is 2.11. The number of thioether (sulfide) groups is 1. The first-order chi connectivity index (χ1) is 9.75. The van der Waals surface area contributed by atoms with Crippen molar-refractivity contribution in [1.82, 2.24) is 9.97 Å². The zero-order chi connectivity index (χ0) is 13.9. The largest absolute Gasteiger partial charge is 0.478 e. The van der Waals surface area contributed by atoms with Gasteiger partial charge >= 0.3 is 5.97 Å². The van der Waals surface area contributed by atoms with Gasteiger partial charge in [0.05, 0.1) is 5.56 Å². The maximum Gasteiger partial charge on any atom is 0.335 e. The molecule has 3 aromatic rings. The zero-order valence-corrected chi connectivity index (χ0v) is 11.9. The van der Waals surface area contributed by atoms with Gasteiger partial charge in [0.2, 0.25) is 0 Å². The van der Waals surface area contributed by atoms with Crippen LogP contribution in [0.1, 0.15) is 15.9 Å². The minimum absolute atomic E-state index is 0.343. The number of nitrogens with zero attached hydrogens (tertiary/aromatic N) is 2. The van der Waals surface area contributed by atoms with Crippen LogP contribution in [0.4, 0.5) is 0 Å². The number of hydrogen-bond donors (Lipinski definition) is 1. The van der Waals surface area contributed by atoms with E-state index >= 15 is 0 Å². The standard InChI is InChI=1S/C14H10N2O2S2/c17-14(18)10-4-2-1-3-9(10)7-20-13-11-5-6-19-12(11)15-8-16-13/h1-6,8H,7H2,(H,17,18). The molecule has 0 aliphatic rings. The smallest absolute Gasteiger partial charge is 0.335 e. The number of aromatic carboxylic acids is 1. The second-order valence-electron chi connectivity index (χ2n) is 4.07. The summed E-state index contributed by atoms with van der Waals surface area (Å²) in [6, 6.07) is 9.04. The second-order valence-corrected chi connectivity index (χ2v) is 5.93. The third kappa shape index (κ3) is 2.52. The van der Waals surface area contributed by atoms with Crippen LogP contribution in [0, 0.1) is 0 Å². The molecular formula is C14H10N2O2S2. The van der Waals surface area contributed by atoms with Crippen LogP contribution in [-0.2, 0) is 5.75 Å². The average Bonchev–Trinajstić information content (AvgIpc) is 2.94. The summed E-state index contributed by atoms with van der Waals surface area (Å²) in [6.45, 7) is 0. The molecule has 100 valence electrons. The van der Waals surface area contributed by atoms with E-state index in [0.717, 1.165) is 20.8 Å². The van der Waals surface area contributed by atoms with Crippen LogP contribution in [0.3, 0.4) is 0 Å². The molecule has 0 unspecified atom stereocenters. The van der Waals surface area contributed by atoms with E-state index < -0.39 is 5.97 Å². The molecule has 0 atom stereocenters. The molecule has 0 spiro atoms. The third-order valence-electron chi connectivity index (χ3n) is 2.84. The molecule has 4 nitrogen and oxygen atoms in total. The molecule has 3 rings (SSSR count). The Labute approximate surface area is 123 Å². The van der Waals surface area contributed by atoms with Crippen LogP contribution in [-0.4, -0.2) is 21.0 Å². The molecule has 0 fully saturated rings. The van der Waals surface area contributed by atoms with Gasteiger partial charge in [-0.3, -0.25) is 0 Å². The van der Waals surface area contributed by atoms with E-state index in [2.05, 4.69) is 9.97 Å². The number of carboxylic acids is 1. The summed E-state index contributed by atoms with van der Waals surface area (Å²) in [5.41, 5.74) is 1.14. The van der Waals surface area contributed by atoms with Crippen LogP contribution in [0.5, 0.6) is 0 Å². The molecule has 20 heavy (non-hydrogen) atoms. The predicted molar refractivity (Wildman–Crippen MR) is 80.4 cm³/mol. The lowest BCUT2D eigenvalue weighted by atomic mass is 10.1. The van der Waals surface area contributed by atoms with Crippen molar-refractivity contribution in [3.05, 3.63) is 53.2 Å². The van der Waals surface area contributed by atoms with Gasteiger partial charge in [-0.25, -0.2) is 14.8 Å². The molecular weight excluding hydrogens is 292 g/mol. The average molecular weight is 302 g/mol. The fourth-order valence-corrected chi connectivity index (χ4v) is 3.67. The van der Waals surface area contributed by atoms with Crippen LogP contribution < -0.4 is 0 Å². The summed E-state index contributed by atoms with van der Waals surface area (Å²) in [4.78, 5) is 20.6. The first-order valence-electron chi connectivity index (χ1n) is 5.88. The summed E-state index contributed by atoms with van der Waals surface area (Å²) >= 11 is 3.10. The highest BCUT2D eigenvalue weighted by Crippen LogP contribution is 2.30. The fourth-order valence-electron chi connectivity index (χ4n) is 1.88. The Morgan fingerprint density at radius 3 is 2.95 bits per heavy atom. The van der Waals surface area contributed by atoms with E-state index in [1.165, 1.54) is 11.8 Å². The van der Waals surface area contributed by atoms with Crippen molar-refractivity contribution in [2.45, 2.75) is 10.8 Å². The topological polar surface area (TPSA) is 63.1 Å². The second kappa shape index (κ2) is 5.60. The molecule has 0 aliphatic carbocycles. The van der Waals surface area contributed by atoms with Gasteiger partial charge in [-0.1, -0.05) is 18.2 Å². The number of carboxylic acid groups (broad SMARTS) is 1. The monoisotopic (exact) mass is 302 g/mol. The Hall–Kier alpha value is -1.92. The highest BCUT2D eigenvalue weighted by atomic mass is 32.2. The summed E-state index contributed by atoms with van der Waals surface area (Å²) in [5, 5.41) is 13.1. The molecule has 0 saturated carbocycles. The number of thiophene rings is 1. The number of benzene rings is 1. The van der Waals surface area contributed by atoms with Gasteiger partial charge in [0.25, 0.3) is 0 Å². The Morgan fingerprint density at radius 1 is 1.25 bits per heavy atom. The van der Waals surface area contributed by atoms with E-state index in [1.807, 2.05) is 23.6 Å². The van der Waals surface area contributed by atoms with Crippen LogP contribution >= 0.6 is 23.1 Å². The van der Waals surface area contributed by atoms with Gasteiger partial charge < -0.3 is 5.11 Å². The molecule has 6 heteroatoms. The Bertz CT molecular complexity index is 770. The van der Waals surface area contributed by atoms with Crippen molar-refractivity contribution >= 4 is 39.3 Å². The van der Waals surface area contributed by atoms with Gasteiger partial charge in [-0.05, 0) is 23.1 Å². The van der Waals surface area contributed by atoms with Gasteiger partial charge in [0, 0.05) is 11.1 Å². The summed E-state index contributed by atoms with van der Waals surface area (Å²) in [6.07, 6.45) is 1.55. The van der Waals surface area contributed by atoms with Gasteiger partial charge in [0.1, 0.15) is 16.2 Å². The SMILES string of the molecule is O=C(O)c1ccccc1CSc1ncnc2sccc12. The normalized spacial score (nSPS) is 10.8. The predicted octanol–water partition coefficient (Wildman–Crippen LogP) is 3.68. The van der Waals surface area contributed by atoms with E-state index in [9.17, 15) is 4.79 Å². The summed E-state index contributed by atoms with van der Waals surface area (Å²) < 4.78 is 0. The number of aromatic nitrogens is 2. The zero-order valence-electron chi connectivity index (χ0n) is 10.3. The number of carbonyl (C=O) groups is 1. The Kier molecular flexibility index (Phi) is 3.66. The molecule has 2 aromatic heterocycles. The number of hydrogen-bond acceptors (Lipinski definition) is 5. The van der Waals surface area contributed by atoms with Gasteiger partial charge in [-0.2, -0.15) is 0 Å². The molecule has 0 amide bonds. The maximum absolute atomic E-state index is 11.2. The van der Waals surface area contributed by atoms with Crippen molar-refractivity contribution in [1.29, 1.82) is 0 Å². The molecule has 1 N–H and O–H groups in total. The minimum atomic E-state index is -0.899.